The molecule has 1 fully saturated rings. The first-order valence-electron chi connectivity index (χ1n) is 14.5. The Hall–Kier alpha value is -3.59. The maximum Gasteiger partial charge on any atom is 0.335 e. The number of unbranched alkanes of at least 4 members (excludes halogenated alkanes) is 2. The summed E-state index contributed by atoms with van der Waals surface area (Å²) in [6, 6.07) is 10.7. The molecule has 0 spiro atoms. The third kappa shape index (κ3) is 8.21. The van der Waals surface area contributed by atoms with Crippen LogP contribution < -0.4 is 15.4 Å². The van der Waals surface area contributed by atoms with E-state index in [-0.39, 0.29) is 29.7 Å². The summed E-state index contributed by atoms with van der Waals surface area (Å²) in [7, 11) is 0. The topological polar surface area (TPSA) is 128 Å². The quantitative estimate of drug-likeness (QED) is 0.201. The van der Waals surface area contributed by atoms with Crippen LogP contribution in [0.3, 0.4) is 0 Å². The molecule has 2 aromatic carbocycles. The average Bonchev–Trinajstić information content (AvgIpc) is 2.96. The number of carboxylic acid groups (broad SMARTS) is 1. The molecule has 1 heterocycles. The molecule has 0 unspecified atom stereocenters. The van der Waals surface area contributed by atoms with Crippen molar-refractivity contribution in [2.75, 3.05) is 31.6 Å². The zero-order chi connectivity index (χ0) is 28.3. The Labute approximate surface area is 235 Å². The average molecular weight is 552 g/mol. The number of benzene rings is 2. The lowest BCUT2D eigenvalue weighted by Gasteiger charge is -2.34. The number of hydrogen-bond acceptors (Lipinski definition) is 6. The molecule has 2 aliphatic rings. The minimum Gasteiger partial charge on any atom is -0.506 e. The van der Waals surface area contributed by atoms with Crippen LogP contribution in [0.1, 0.15) is 79.3 Å². The molecular formula is C31H41N3O6. The Morgan fingerprint density at radius 3 is 2.50 bits per heavy atom. The molecule has 1 aliphatic carbocycles. The smallest absolute Gasteiger partial charge is 0.335 e. The number of ether oxygens (including phenoxy) is 1. The summed E-state index contributed by atoms with van der Waals surface area (Å²) < 4.78 is 5.59. The highest BCUT2D eigenvalue weighted by Crippen LogP contribution is 2.39. The fourth-order valence-corrected chi connectivity index (χ4v) is 5.60. The number of hydrogen-bond donors (Lipinski definition) is 4. The first-order chi connectivity index (χ1) is 19.4. The second-order valence-corrected chi connectivity index (χ2v) is 10.7. The van der Waals surface area contributed by atoms with Gasteiger partial charge in [-0.1, -0.05) is 43.9 Å². The number of aromatic hydroxyl groups is 1. The lowest BCUT2D eigenvalue weighted by atomic mass is 9.93. The van der Waals surface area contributed by atoms with Gasteiger partial charge in [0, 0.05) is 25.6 Å². The van der Waals surface area contributed by atoms with Crippen molar-refractivity contribution in [3.63, 3.8) is 0 Å². The van der Waals surface area contributed by atoms with Gasteiger partial charge in [-0.05, 0) is 74.4 Å². The van der Waals surface area contributed by atoms with Crippen molar-refractivity contribution in [2.24, 2.45) is 0 Å². The predicted molar refractivity (Wildman–Crippen MR) is 153 cm³/mol. The maximum absolute atomic E-state index is 13.2. The molecule has 1 saturated carbocycles. The summed E-state index contributed by atoms with van der Waals surface area (Å²) in [5, 5.41) is 25.1. The molecule has 0 bridgehead atoms. The minimum atomic E-state index is -0.924. The normalized spacial score (nSPS) is 15.2. The van der Waals surface area contributed by atoms with Crippen molar-refractivity contribution in [3.8, 4) is 11.5 Å². The van der Waals surface area contributed by atoms with Gasteiger partial charge in [0.15, 0.2) is 12.4 Å². The second-order valence-electron chi connectivity index (χ2n) is 10.7. The number of aromatic carboxylic acids is 1. The van der Waals surface area contributed by atoms with Gasteiger partial charge < -0.3 is 30.5 Å². The number of carboxylic acids is 1. The highest BCUT2D eigenvalue weighted by Gasteiger charge is 2.25. The molecule has 4 N–H and O–H groups in total. The first kappa shape index (κ1) is 29.4. The van der Waals surface area contributed by atoms with E-state index in [2.05, 4.69) is 15.5 Å². The number of fused-ring (bicyclic) bond motifs is 1. The van der Waals surface area contributed by atoms with Gasteiger partial charge in [-0.15, -0.1) is 0 Å². The molecule has 9 heteroatoms. The van der Waals surface area contributed by atoms with Crippen molar-refractivity contribution in [1.29, 1.82) is 0 Å². The van der Waals surface area contributed by atoms with Crippen LogP contribution in [0.15, 0.2) is 36.4 Å². The third-order valence-corrected chi connectivity index (χ3v) is 7.82. The molecule has 4 rings (SSSR count). The Bertz CT molecular complexity index is 1160. The fraction of sp³-hybridized carbons (Fsp3) is 0.516. The Morgan fingerprint density at radius 1 is 0.975 bits per heavy atom. The Kier molecular flexibility index (Phi) is 10.8. The number of phenolic OH excluding ortho intramolecular Hbond substituents is 1. The monoisotopic (exact) mass is 551 g/mol. The largest absolute Gasteiger partial charge is 0.506 e. The van der Waals surface area contributed by atoms with Gasteiger partial charge in [0.1, 0.15) is 11.4 Å². The van der Waals surface area contributed by atoms with E-state index in [4.69, 9.17) is 9.84 Å². The van der Waals surface area contributed by atoms with E-state index in [9.17, 15) is 19.5 Å². The van der Waals surface area contributed by atoms with Crippen molar-refractivity contribution >= 4 is 23.5 Å². The lowest BCUT2D eigenvalue weighted by molar-refractivity contribution is -0.134. The van der Waals surface area contributed by atoms with Crippen LogP contribution in [0.25, 0.3) is 0 Å². The molecule has 2 amide bonds. The molecule has 0 saturated heterocycles. The highest BCUT2D eigenvalue weighted by molar-refractivity contribution is 5.97. The van der Waals surface area contributed by atoms with Crippen LogP contribution in [0, 0.1) is 0 Å². The molecule has 0 atom stereocenters. The summed E-state index contributed by atoms with van der Waals surface area (Å²) in [5.41, 5.74) is 2.68. The molecule has 1 aliphatic heterocycles. The Morgan fingerprint density at radius 2 is 1.75 bits per heavy atom. The number of nitrogens with one attached hydrogen (secondary N) is 2. The molecular weight excluding hydrogens is 510 g/mol. The van der Waals surface area contributed by atoms with Gasteiger partial charge >= 0.3 is 5.97 Å². The molecule has 216 valence electrons. The van der Waals surface area contributed by atoms with E-state index >= 15 is 0 Å². The van der Waals surface area contributed by atoms with Crippen molar-refractivity contribution in [2.45, 2.75) is 76.7 Å². The van der Waals surface area contributed by atoms with E-state index < -0.39 is 5.97 Å². The number of anilines is 1. The number of rotatable bonds is 14. The van der Waals surface area contributed by atoms with E-state index in [1.54, 1.807) is 18.2 Å². The fourth-order valence-electron chi connectivity index (χ4n) is 5.60. The van der Waals surface area contributed by atoms with E-state index in [1.165, 1.54) is 19.3 Å². The van der Waals surface area contributed by atoms with Crippen LogP contribution in [0.2, 0.25) is 0 Å². The zero-order valence-corrected chi connectivity index (χ0v) is 23.1. The SMILES string of the molecule is O=C1COc2c(CCCCCN(C(=O)CCNCCc3ccc(C(=O)O)cc3)C3CCCCC3)ccc(O)c2N1. The van der Waals surface area contributed by atoms with Gasteiger partial charge in [0.05, 0.1) is 5.56 Å². The molecule has 0 aromatic heterocycles. The van der Waals surface area contributed by atoms with Crippen LogP contribution in [0.5, 0.6) is 11.5 Å². The summed E-state index contributed by atoms with van der Waals surface area (Å²) in [6.45, 7) is 2.07. The molecule has 2 aromatic rings. The molecule has 9 nitrogen and oxygen atoms in total. The van der Waals surface area contributed by atoms with Crippen LogP contribution in [-0.2, 0) is 22.4 Å². The van der Waals surface area contributed by atoms with Gasteiger partial charge in [-0.2, -0.15) is 0 Å². The summed E-state index contributed by atoms with van der Waals surface area (Å²) in [5.74, 6) is -0.412. The van der Waals surface area contributed by atoms with Gasteiger partial charge in [0.25, 0.3) is 5.91 Å². The number of phenols is 1. The number of nitrogens with zero attached hydrogens (tertiary/aromatic N) is 1. The van der Waals surface area contributed by atoms with Gasteiger partial charge in [0.2, 0.25) is 5.91 Å². The standard InChI is InChI=1S/C31H41N3O6/c35-26-15-14-23(30-29(26)33-27(36)21-40-30)7-3-2-6-20-34(25-8-4-1-5-9-25)28(37)17-19-32-18-16-22-10-12-24(13-11-22)31(38)39/h10-15,25,32,35H,1-9,16-21H2,(H,33,36)(H,38,39). The minimum absolute atomic E-state index is 0.0114. The van der Waals surface area contributed by atoms with Crippen LogP contribution in [0.4, 0.5) is 5.69 Å². The Balaban J connectivity index is 1.20. The van der Waals surface area contributed by atoms with E-state index in [1.807, 2.05) is 18.2 Å². The molecule has 40 heavy (non-hydrogen) atoms. The number of carbonyl (C=O) groups excluding carboxylic acids is 2. The summed E-state index contributed by atoms with van der Waals surface area (Å²) in [6.07, 6.45) is 10.6. The first-order valence-corrected chi connectivity index (χ1v) is 14.5. The summed E-state index contributed by atoms with van der Waals surface area (Å²) in [4.78, 5) is 38.0. The lowest BCUT2D eigenvalue weighted by Crippen LogP contribution is -2.43. The number of aryl methyl sites for hydroxylation is 1. The van der Waals surface area contributed by atoms with E-state index in [0.29, 0.717) is 30.4 Å². The third-order valence-electron chi connectivity index (χ3n) is 7.82. The molecule has 0 radical (unpaired) electrons. The van der Waals surface area contributed by atoms with Crippen LogP contribution in [-0.4, -0.2) is 65.2 Å². The van der Waals surface area contributed by atoms with Gasteiger partial charge in [-0.3, -0.25) is 9.59 Å². The summed E-state index contributed by atoms with van der Waals surface area (Å²) >= 11 is 0. The van der Waals surface area contributed by atoms with Crippen molar-refractivity contribution in [1.82, 2.24) is 10.2 Å². The predicted octanol–water partition coefficient (Wildman–Crippen LogP) is 4.52. The van der Waals surface area contributed by atoms with Gasteiger partial charge in [-0.25, -0.2) is 4.79 Å². The second kappa shape index (κ2) is 14.7. The van der Waals surface area contributed by atoms with Crippen molar-refractivity contribution < 1.29 is 29.3 Å². The zero-order valence-electron chi connectivity index (χ0n) is 23.1. The number of amides is 2. The maximum atomic E-state index is 13.2. The van der Waals surface area contributed by atoms with Crippen LogP contribution >= 0.6 is 0 Å². The van der Waals surface area contributed by atoms with Crippen molar-refractivity contribution in [3.05, 3.63) is 53.1 Å². The number of carbonyl (C=O) groups is 3. The van der Waals surface area contributed by atoms with E-state index in [0.717, 1.165) is 69.2 Å². The highest BCUT2D eigenvalue weighted by atomic mass is 16.5.